The summed E-state index contributed by atoms with van der Waals surface area (Å²) in [6.07, 6.45) is 2.76. The molecule has 3 rings (SSSR count). The molecule has 2 N–H and O–H groups in total. The summed E-state index contributed by atoms with van der Waals surface area (Å²) in [4.78, 5) is 36.5. The van der Waals surface area contributed by atoms with Gasteiger partial charge in [-0.3, -0.25) is 14.4 Å². The van der Waals surface area contributed by atoms with Gasteiger partial charge in [0.1, 0.15) is 0 Å². The molecule has 0 heterocycles. The molecule has 2 aromatic carbocycles. The molecule has 146 valence electrons. The molecule has 5 nitrogen and oxygen atoms in total. The number of hydrogen-bond donors (Lipinski definition) is 2. The van der Waals surface area contributed by atoms with Gasteiger partial charge in [-0.2, -0.15) is 0 Å². The van der Waals surface area contributed by atoms with Gasteiger partial charge in [-0.05, 0) is 63.8 Å². The van der Waals surface area contributed by atoms with E-state index in [-0.39, 0.29) is 29.4 Å². The third kappa shape index (κ3) is 5.06. The van der Waals surface area contributed by atoms with Crippen molar-refractivity contribution in [1.29, 1.82) is 0 Å². The predicted molar refractivity (Wildman–Crippen MR) is 110 cm³/mol. The first-order chi connectivity index (χ1) is 13.4. The van der Waals surface area contributed by atoms with E-state index in [0.717, 1.165) is 11.3 Å². The van der Waals surface area contributed by atoms with Gasteiger partial charge in [-0.1, -0.05) is 29.8 Å². The fourth-order valence-electron chi connectivity index (χ4n) is 3.56. The fraction of sp³-hybridized carbons (Fsp3) is 0.348. The molecule has 0 saturated heterocycles. The van der Waals surface area contributed by atoms with E-state index in [2.05, 4.69) is 10.6 Å². The molecular formula is C23H26N2O3. The van der Waals surface area contributed by atoms with Crippen molar-refractivity contribution >= 4 is 29.0 Å². The van der Waals surface area contributed by atoms with Crippen molar-refractivity contribution in [2.24, 2.45) is 11.8 Å². The maximum absolute atomic E-state index is 12.6. The number of ketones is 1. The third-order valence-corrected chi connectivity index (χ3v) is 5.32. The zero-order valence-corrected chi connectivity index (χ0v) is 16.3. The number of carbonyl (C=O) groups excluding carboxylic acids is 3. The lowest BCUT2D eigenvalue weighted by Crippen LogP contribution is -2.32. The highest BCUT2D eigenvalue weighted by Gasteiger charge is 2.30. The van der Waals surface area contributed by atoms with E-state index in [0.29, 0.717) is 36.9 Å². The number of carbonyl (C=O) groups is 3. The van der Waals surface area contributed by atoms with Crippen LogP contribution in [0.2, 0.25) is 0 Å². The van der Waals surface area contributed by atoms with E-state index in [1.54, 1.807) is 24.3 Å². The average Bonchev–Trinajstić information content (AvgIpc) is 2.70. The molecule has 28 heavy (non-hydrogen) atoms. The summed E-state index contributed by atoms with van der Waals surface area (Å²) in [6.45, 7) is 3.51. The SMILES string of the molecule is CC(=O)c1cccc(NC(=O)C2CCC(C(=O)Nc3ccc(C)cc3)CC2)c1. The Morgan fingerprint density at radius 1 is 0.786 bits per heavy atom. The maximum atomic E-state index is 12.6. The summed E-state index contributed by atoms with van der Waals surface area (Å²) in [5.74, 6) is -0.220. The molecule has 0 aliphatic heterocycles. The quantitative estimate of drug-likeness (QED) is 0.748. The Bertz CT molecular complexity index is 866. The van der Waals surface area contributed by atoms with Gasteiger partial charge in [0.2, 0.25) is 11.8 Å². The first-order valence-corrected chi connectivity index (χ1v) is 9.72. The van der Waals surface area contributed by atoms with Crippen LogP contribution >= 0.6 is 0 Å². The monoisotopic (exact) mass is 378 g/mol. The summed E-state index contributed by atoms with van der Waals surface area (Å²) in [7, 11) is 0. The number of benzene rings is 2. The van der Waals surface area contributed by atoms with Crippen LogP contribution in [0.1, 0.15) is 48.5 Å². The second-order valence-corrected chi connectivity index (χ2v) is 7.53. The molecule has 0 radical (unpaired) electrons. The van der Waals surface area contributed by atoms with Crippen molar-refractivity contribution in [3.63, 3.8) is 0 Å². The van der Waals surface area contributed by atoms with Crippen LogP contribution in [0, 0.1) is 18.8 Å². The standard InChI is InChI=1S/C23H26N2O3/c1-15-6-12-20(13-7-15)24-22(27)17-8-10-18(11-9-17)23(28)25-21-5-3-4-19(14-21)16(2)26/h3-7,12-14,17-18H,8-11H2,1-2H3,(H,24,27)(H,25,28). The van der Waals surface area contributed by atoms with Gasteiger partial charge < -0.3 is 10.6 Å². The summed E-state index contributed by atoms with van der Waals surface area (Å²) in [5.41, 5.74) is 3.17. The molecule has 1 aliphatic rings. The molecule has 1 fully saturated rings. The van der Waals surface area contributed by atoms with Crippen molar-refractivity contribution in [3.8, 4) is 0 Å². The molecule has 2 aromatic rings. The predicted octanol–water partition coefficient (Wildman–Crippen LogP) is 4.58. The number of amides is 2. The Morgan fingerprint density at radius 2 is 1.32 bits per heavy atom. The lowest BCUT2D eigenvalue weighted by atomic mass is 9.81. The number of hydrogen-bond acceptors (Lipinski definition) is 3. The minimum absolute atomic E-state index is 0.0249. The molecule has 1 aliphatic carbocycles. The smallest absolute Gasteiger partial charge is 0.227 e. The van der Waals surface area contributed by atoms with Gasteiger partial charge in [-0.15, -0.1) is 0 Å². The summed E-state index contributed by atoms with van der Waals surface area (Å²) in [6, 6.07) is 14.7. The Kier molecular flexibility index (Phi) is 6.24. The molecule has 2 amide bonds. The largest absolute Gasteiger partial charge is 0.326 e. The minimum atomic E-state index is -0.107. The number of rotatable bonds is 5. The van der Waals surface area contributed by atoms with Crippen LogP contribution in [0.3, 0.4) is 0 Å². The van der Waals surface area contributed by atoms with Crippen LogP contribution in [0.25, 0.3) is 0 Å². The Balaban J connectivity index is 1.51. The molecule has 0 aromatic heterocycles. The first-order valence-electron chi connectivity index (χ1n) is 9.72. The van der Waals surface area contributed by atoms with E-state index in [1.165, 1.54) is 6.92 Å². The van der Waals surface area contributed by atoms with E-state index in [9.17, 15) is 14.4 Å². The van der Waals surface area contributed by atoms with Gasteiger partial charge in [0, 0.05) is 28.8 Å². The zero-order valence-electron chi connectivity index (χ0n) is 16.3. The van der Waals surface area contributed by atoms with E-state index < -0.39 is 0 Å². The fourth-order valence-corrected chi connectivity index (χ4v) is 3.56. The first kappa shape index (κ1) is 19.8. The molecule has 0 bridgehead atoms. The summed E-state index contributed by atoms with van der Waals surface area (Å²) in [5, 5.41) is 5.87. The Morgan fingerprint density at radius 3 is 1.86 bits per heavy atom. The number of aryl methyl sites for hydroxylation is 1. The van der Waals surface area contributed by atoms with Crippen molar-refractivity contribution < 1.29 is 14.4 Å². The van der Waals surface area contributed by atoms with E-state index >= 15 is 0 Å². The van der Waals surface area contributed by atoms with Crippen molar-refractivity contribution in [2.75, 3.05) is 10.6 Å². The zero-order chi connectivity index (χ0) is 20.1. The molecule has 1 saturated carbocycles. The van der Waals surface area contributed by atoms with Crippen molar-refractivity contribution in [1.82, 2.24) is 0 Å². The van der Waals surface area contributed by atoms with E-state index in [4.69, 9.17) is 0 Å². The third-order valence-electron chi connectivity index (χ3n) is 5.32. The lowest BCUT2D eigenvalue weighted by molar-refractivity contribution is -0.125. The number of nitrogens with one attached hydrogen (secondary N) is 2. The minimum Gasteiger partial charge on any atom is -0.326 e. The number of Topliss-reactive ketones (excluding diaryl/α,β-unsaturated/α-hetero) is 1. The lowest BCUT2D eigenvalue weighted by Gasteiger charge is -2.27. The second-order valence-electron chi connectivity index (χ2n) is 7.53. The molecule has 0 unspecified atom stereocenters. The van der Waals surface area contributed by atoms with Crippen LogP contribution in [0.5, 0.6) is 0 Å². The van der Waals surface area contributed by atoms with Crippen LogP contribution < -0.4 is 10.6 Å². The highest BCUT2D eigenvalue weighted by Crippen LogP contribution is 2.30. The Hall–Kier alpha value is -2.95. The topological polar surface area (TPSA) is 75.3 Å². The normalized spacial score (nSPS) is 18.9. The van der Waals surface area contributed by atoms with Gasteiger partial charge in [0.05, 0.1) is 0 Å². The van der Waals surface area contributed by atoms with Gasteiger partial charge >= 0.3 is 0 Å². The van der Waals surface area contributed by atoms with Crippen LogP contribution in [0.4, 0.5) is 11.4 Å². The molecule has 0 spiro atoms. The van der Waals surface area contributed by atoms with Gasteiger partial charge in [0.25, 0.3) is 0 Å². The highest BCUT2D eigenvalue weighted by molar-refractivity contribution is 5.98. The van der Waals surface area contributed by atoms with Crippen molar-refractivity contribution in [2.45, 2.75) is 39.5 Å². The second kappa shape index (κ2) is 8.83. The molecular weight excluding hydrogens is 352 g/mol. The Labute approximate surface area is 165 Å². The number of anilines is 2. The van der Waals surface area contributed by atoms with Crippen molar-refractivity contribution in [3.05, 3.63) is 59.7 Å². The van der Waals surface area contributed by atoms with Crippen LogP contribution in [0.15, 0.2) is 48.5 Å². The van der Waals surface area contributed by atoms with Gasteiger partial charge in [0.15, 0.2) is 5.78 Å². The summed E-state index contributed by atoms with van der Waals surface area (Å²) < 4.78 is 0. The molecule has 5 heteroatoms. The molecule has 0 atom stereocenters. The van der Waals surface area contributed by atoms with Gasteiger partial charge in [-0.25, -0.2) is 0 Å². The van der Waals surface area contributed by atoms with Crippen LogP contribution in [-0.2, 0) is 9.59 Å². The summed E-state index contributed by atoms with van der Waals surface area (Å²) >= 11 is 0. The van der Waals surface area contributed by atoms with Crippen LogP contribution in [-0.4, -0.2) is 17.6 Å². The average molecular weight is 378 g/mol. The maximum Gasteiger partial charge on any atom is 0.227 e. The van der Waals surface area contributed by atoms with E-state index in [1.807, 2.05) is 31.2 Å². The highest BCUT2D eigenvalue weighted by atomic mass is 16.2.